The van der Waals surface area contributed by atoms with E-state index in [1.165, 1.54) is 0 Å². The molecule has 0 radical (unpaired) electrons. The van der Waals surface area contributed by atoms with Gasteiger partial charge in [-0.3, -0.25) is 4.98 Å². The van der Waals surface area contributed by atoms with Crippen LogP contribution in [0.2, 0.25) is 0 Å². The molecule has 7 heteroatoms. The van der Waals surface area contributed by atoms with E-state index in [1.807, 2.05) is 30.3 Å². The summed E-state index contributed by atoms with van der Waals surface area (Å²) in [5.41, 5.74) is 2.73. The van der Waals surface area contributed by atoms with Crippen LogP contribution in [0.4, 0.5) is 17.5 Å². The molecule has 2 heterocycles. The molecule has 3 N–H and O–H groups in total. The van der Waals surface area contributed by atoms with E-state index >= 15 is 0 Å². The van der Waals surface area contributed by atoms with Crippen molar-refractivity contribution >= 4 is 17.5 Å². The van der Waals surface area contributed by atoms with Gasteiger partial charge in [0.2, 0.25) is 5.95 Å². The fourth-order valence-corrected chi connectivity index (χ4v) is 2.33. The zero-order chi connectivity index (χ0) is 18.2. The minimum atomic E-state index is 0.0962. The summed E-state index contributed by atoms with van der Waals surface area (Å²) in [7, 11) is 0. The van der Waals surface area contributed by atoms with Crippen molar-refractivity contribution in [1.29, 1.82) is 5.26 Å². The Bertz CT molecular complexity index is 907. The maximum Gasteiger partial charge on any atom is 0.225 e. The van der Waals surface area contributed by atoms with Crippen molar-refractivity contribution in [2.75, 3.05) is 23.8 Å². The highest BCUT2D eigenvalue weighted by molar-refractivity contribution is 5.65. The lowest BCUT2D eigenvalue weighted by molar-refractivity contribution is 0.292. The largest absolute Gasteiger partial charge is 0.396 e. The van der Waals surface area contributed by atoms with E-state index in [2.05, 4.69) is 31.7 Å². The number of nitrogens with one attached hydrogen (secondary N) is 2. The number of pyridine rings is 1. The molecule has 0 spiro atoms. The molecule has 26 heavy (non-hydrogen) atoms. The summed E-state index contributed by atoms with van der Waals surface area (Å²) >= 11 is 0. The van der Waals surface area contributed by atoms with Crippen LogP contribution in [0.1, 0.15) is 12.0 Å². The van der Waals surface area contributed by atoms with Crippen LogP contribution < -0.4 is 10.6 Å². The number of hydrogen-bond acceptors (Lipinski definition) is 7. The fourth-order valence-electron chi connectivity index (χ4n) is 2.33. The van der Waals surface area contributed by atoms with Crippen molar-refractivity contribution in [2.45, 2.75) is 6.42 Å². The molecule has 3 rings (SSSR count). The molecule has 0 aliphatic heterocycles. The fraction of sp³-hybridized carbons (Fsp3) is 0.158. The van der Waals surface area contributed by atoms with Gasteiger partial charge in [-0.25, -0.2) is 4.98 Å². The summed E-state index contributed by atoms with van der Waals surface area (Å²) in [4.78, 5) is 13.3. The molecule has 2 aromatic heterocycles. The Morgan fingerprint density at radius 3 is 2.73 bits per heavy atom. The smallest absolute Gasteiger partial charge is 0.225 e. The molecule has 0 amide bonds. The maximum atomic E-state index is 9.04. The van der Waals surface area contributed by atoms with Crippen LogP contribution in [0.15, 0.2) is 54.7 Å². The first-order chi connectivity index (χ1) is 12.8. The van der Waals surface area contributed by atoms with E-state index in [0.717, 1.165) is 11.4 Å². The van der Waals surface area contributed by atoms with Crippen LogP contribution in [0.25, 0.3) is 11.4 Å². The van der Waals surface area contributed by atoms with Crippen LogP contribution in [-0.4, -0.2) is 33.2 Å². The average molecular weight is 346 g/mol. The molecule has 0 fully saturated rings. The molecule has 0 bridgehead atoms. The number of rotatable bonds is 7. The number of anilines is 3. The van der Waals surface area contributed by atoms with Gasteiger partial charge in [0.05, 0.1) is 23.0 Å². The number of aliphatic hydroxyl groups is 1. The van der Waals surface area contributed by atoms with Crippen molar-refractivity contribution in [2.24, 2.45) is 0 Å². The van der Waals surface area contributed by atoms with Gasteiger partial charge >= 0.3 is 0 Å². The molecule has 0 aliphatic rings. The third kappa shape index (κ3) is 4.53. The number of benzene rings is 1. The highest BCUT2D eigenvalue weighted by Crippen LogP contribution is 2.22. The van der Waals surface area contributed by atoms with Crippen LogP contribution in [0.3, 0.4) is 0 Å². The van der Waals surface area contributed by atoms with Gasteiger partial charge in [0.25, 0.3) is 0 Å². The van der Waals surface area contributed by atoms with Gasteiger partial charge in [0.15, 0.2) is 0 Å². The lowest BCUT2D eigenvalue weighted by Gasteiger charge is -2.11. The number of aliphatic hydroxyl groups excluding tert-OH is 1. The van der Waals surface area contributed by atoms with E-state index in [-0.39, 0.29) is 6.61 Å². The molecule has 0 unspecified atom stereocenters. The van der Waals surface area contributed by atoms with Crippen molar-refractivity contribution in [3.05, 3.63) is 60.3 Å². The van der Waals surface area contributed by atoms with E-state index in [0.29, 0.717) is 36.0 Å². The molecule has 130 valence electrons. The Morgan fingerprint density at radius 1 is 1.04 bits per heavy atom. The standard InChI is InChI=1S/C19H18N6O/c20-13-14-5-3-6-15(11-14)23-18-12-17(16-7-1-2-8-21-16)24-19(25-18)22-9-4-10-26/h1-3,5-8,11-12,26H,4,9-10H2,(H2,22,23,24,25). The van der Waals surface area contributed by atoms with Gasteiger partial charge in [-0.15, -0.1) is 0 Å². The minimum absolute atomic E-state index is 0.0962. The number of nitriles is 1. The third-order valence-electron chi connectivity index (χ3n) is 3.54. The quantitative estimate of drug-likeness (QED) is 0.565. The van der Waals surface area contributed by atoms with Crippen LogP contribution in [0.5, 0.6) is 0 Å². The first kappa shape index (κ1) is 17.3. The lowest BCUT2D eigenvalue weighted by atomic mass is 10.2. The molecular weight excluding hydrogens is 328 g/mol. The second-order valence-corrected chi connectivity index (χ2v) is 5.50. The summed E-state index contributed by atoms with van der Waals surface area (Å²) in [6, 6.07) is 16.7. The Labute approximate surface area is 151 Å². The summed E-state index contributed by atoms with van der Waals surface area (Å²) in [6.45, 7) is 0.657. The van der Waals surface area contributed by atoms with Crippen LogP contribution in [-0.2, 0) is 0 Å². The first-order valence-electron chi connectivity index (χ1n) is 8.21. The zero-order valence-corrected chi connectivity index (χ0v) is 14.1. The van der Waals surface area contributed by atoms with Crippen molar-refractivity contribution < 1.29 is 5.11 Å². The van der Waals surface area contributed by atoms with Crippen LogP contribution >= 0.6 is 0 Å². The molecule has 0 saturated carbocycles. The predicted molar refractivity (Wildman–Crippen MR) is 99.9 cm³/mol. The van der Waals surface area contributed by atoms with E-state index in [9.17, 15) is 0 Å². The summed E-state index contributed by atoms with van der Waals surface area (Å²) in [6.07, 6.45) is 2.31. The second-order valence-electron chi connectivity index (χ2n) is 5.50. The normalized spacial score (nSPS) is 10.2. The van der Waals surface area contributed by atoms with Gasteiger partial charge in [-0.2, -0.15) is 10.2 Å². The highest BCUT2D eigenvalue weighted by Gasteiger charge is 2.08. The molecule has 7 nitrogen and oxygen atoms in total. The number of nitrogens with zero attached hydrogens (tertiary/aromatic N) is 4. The monoisotopic (exact) mass is 346 g/mol. The Kier molecular flexibility index (Phi) is 5.70. The predicted octanol–water partition coefficient (Wildman–Crippen LogP) is 2.95. The molecule has 0 saturated heterocycles. The Morgan fingerprint density at radius 2 is 1.96 bits per heavy atom. The van der Waals surface area contributed by atoms with E-state index in [1.54, 1.807) is 24.4 Å². The molecule has 3 aromatic rings. The Balaban J connectivity index is 1.92. The molecule has 1 aromatic carbocycles. The van der Waals surface area contributed by atoms with Crippen LogP contribution in [0, 0.1) is 11.3 Å². The Hall–Kier alpha value is -3.50. The van der Waals surface area contributed by atoms with Gasteiger partial charge in [-0.1, -0.05) is 12.1 Å². The minimum Gasteiger partial charge on any atom is -0.396 e. The average Bonchev–Trinajstić information content (AvgIpc) is 2.69. The zero-order valence-electron chi connectivity index (χ0n) is 14.1. The number of aromatic nitrogens is 3. The second kappa shape index (κ2) is 8.55. The van der Waals surface area contributed by atoms with Gasteiger partial charge in [0, 0.05) is 31.1 Å². The molecular formula is C19H18N6O. The van der Waals surface area contributed by atoms with E-state index < -0.39 is 0 Å². The summed E-state index contributed by atoms with van der Waals surface area (Å²) in [5.74, 6) is 1.03. The lowest BCUT2D eigenvalue weighted by Crippen LogP contribution is -2.09. The molecule has 0 atom stereocenters. The van der Waals surface area contributed by atoms with Crippen molar-refractivity contribution in [3.8, 4) is 17.5 Å². The van der Waals surface area contributed by atoms with Gasteiger partial charge < -0.3 is 15.7 Å². The highest BCUT2D eigenvalue weighted by atomic mass is 16.3. The van der Waals surface area contributed by atoms with E-state index in [4.69, 9.17) is 10.4 Å². The summed E-state index contributed by atoms with van der Waals surface area (Å²) in [5, 5.41) is 24.3. The number of hydrogen-bond donors (Lipinski definition) is 3. The molecule has 0 aliphatic carbocycles. The van der Waals surface area contributed by atoms with Gasteiger partial charge in [-0.05, 0) is 36.8 Å². The topological polar surface area (TPSA) is 107 Å². The summed E-state index contributed by atoms with van der Waals surface area (Å²) < 4.78 is 0. The van der Waals surface area contributed by atoms with Crippen molar-refractivity contribution in [1.82, 2.24) is 15.0 Å². The van der Waals surface area contributed by atoms with Crippen molar-refractivity contribution in [3.63, 3.8) is 0 Å². The van der Waals surface area contributed by atoms with Gasteiger partial charge in [0.1, 0.15) is 5.82 Å². The third-order valence-corrected chi connectivity index (χ3v) is 3.54. The maximum absolute atomic E-state index is 9.04. The first-order valence-corrected chi connectivity index (χ1v) is 8.21. The SMILES string of the molecule is N#Cc1cccc(Nc2cc(-c3ccccn3)nc(NCCCO)n2)c1.